The molecule has 5 nitrogen and oxygen atoms in total. The summed E-state index contributed by atoms with van der Waals surface area (Å²) in [7, 11) is -3.30. The van der Waals surface area contributed by atoms with Crippen molar-refractivity contribution >= 4 is 21.7 Å². The normalized spacial score (nSPS) is 11.1. The molecule has 20 heavy (non-hydrogen) atoms. The molecule has 0 spiro atoms. The van der Waals surface area contributed by atoms with Crippen LogP contribution in [0, 0.1) is 0 Å². The van der Waals surface area contributed by atoms with Gasteiger partial charge in [0.1, 0.15) is 0 Å². The van der Waals surface area contributed by atoms with E-state index in [9.17, 15) is 13.2 Å². The molecule has 0 aliphatic rings. The summed E-state index contributed by atoms with van der Waals surface area (Å²) in [5.41, 5.74) is 0.839. The first-order chi connectivity index (χ1) is 9.42. The van der Waals surface area contributed by atoms with Crippen LogP contribution >= 0.6 is 0 Å². The van der Waals surface area contributed by atoms with Crippen LogP contribution in [0.1, 0.15) is 43.0 Å². The lowest BCUT2D eigenvalue weighted by molar-refractivity contribution is 0.0498. The van der Waals surface area contributed by atoms with Crippen LogP contribution in [0.2, 0.25) is 0 Å². The molecule has 0 saturated heterocycles. The van der Waals surface area contributed by atoms with Crippen molar-refractivity contribution in [2.45, 2.75) is 32.6 Å². The Labute approximate surface area is 120 Å². The van der Waals surface area contributed by atoms with E-state index in [4.69, 9.17) is 4.74 Å². The van der Waals surface area contributed by atoms with Crippen LogP contribution < -0.4 is 4.72 Å². The molecule has 1 aromatic rings. The van der Waals surface area contributed by atoms with E-state index in [-0.39, 0.29) is 5.97 Å². The monoisotopic (exact) mass is 299 g/mol. The summed E-state index contributed by atoms with van der Waals surface area (Å²) in [5, 5.41) is 0. The van der Waals surface area contributed by atoms with E-state index in [2.05, 4.69) is 11.6 Å². The van der Waals surface area contributed by atoms with Crippen molar-refractivity contribution in [3.8, 4) is 0 Å². The molecule has 0 aliphatic heterocycles. The van der Waals surface area contributed by atoms with Gasteiger partial charge in [-0.15, -0.1) is 0 Å². The van der Waals surface area contributed by atoms with E-state index in [0.29, 0.717) is 17.9 Å². The minimum atomic E-state index is -3.30. The summed E-state index contributed by atoms with van der Waals surface area (Å²) < 4.78 is 29.6. The molecule has 0 radical (unpaired) electrons. The summed E-state index contributed by atoms with van der Waals surface area (Å²) in [6.45, 7) is 2.54. The van der Waals surface area contributed by atoms with E-state index in [1.165, 1.54) is 12.1 Å². The van der Waals surface area contributed by atoms with Gasteiger partial charge in [0.05, 0.1) is 18.4 Å². The molecule has 1 aromatic carbocycles. The number of hydrogen-bond acceptors (Lipinski definition) is 4. The maximum Gasteiger partial charge on any atom is 0.338 e. The second-order valence-corrected chi connectivity index (χ2v) is 6.40. The summed E-state index contributed by atoms with van der Waals surface area (Å²) in [4.78, 5) is 11.7. The van der Waals surface area contributed by atoms with Crippen LogP contribution in [-0.2, 0) is 14.8 Å². The summed E-state index contributed by atoms with van der Waals surface area (Å²) in [6, 6.07) is 6.16. The summed E-state index contributed by atoms with van der Waals surface area (Å²) in [5.74, 6) is -0.382. The van der Waals surface area contributed by atoms with Gasteiger partial charge in [-0.2, -0.15) is 0 Å². The zero-order valence-corrected chi connectivity index (χ0v) is 12.7. The zero-order valence-electron chi connectivity index (χ0n) is 11.9. The highest BCUT2D eigenvalue weighted by atomic mass is 32.2. The minimum absolute atomic E-state index is 0.382. The van der Waals surface area contributed by atoms with Crippen LogP contribution in [0.3, 0.4) is 0 Å². The molecule has 0 amide bonds. The summed E-state index contributed by atoms with van der Waals surface area (Å²) in [6.07, 6.45) is 5.28. The standard InChI is InChI=1S/C14H21NO4S/c1-3-4-5-6-11-19-14(16)12-7-9-13(10-8-12)15-20(2,17)18/h7-10,15H,3-6,11H2,1-2H3. The van der Waals surface area contributed by atoms with E-state index in [1.807, 2.05) is 0 Å². The predicted molar refractivity (Wildman–Crippen MR) is 79.3 cm³/mol. The van der Waals surface area contributed by atoms with E-state index in [1.54, 1.807) is 12.1 Å². The number of benzene rings is 1. The largest absolute Gasteiger partial charge is 0.462 e. The maximum atomic E-state index is 11.7. The zero-order chi connectivity index (χ0) is 15.0. The number of anilines is 1. The number of esters is 1. The lowest BCUT2D eigenvalue weighted by Gasteiger charge is -2.06. The van der Waals surface area contributed by atoms with Gasteiger partial charge < -0.3 is 4.74 Å². The van der Waals surface area contributed by atoms with Gasteiger partial charge in [0.15, 0.2) is 0 Å². The first-order valence-electron chi connectivity index (χ1n) is 6.67. The van der Waals surface area contributed by atoms with Crippen LogP contribution in [-0.4, -0.2) is 27.2 Å². The van der Waals surface area contributed by atoms with Crippen LogP contribution in [0.25, 0.3) is 0 Å². The molecular weight excluding hydrogens is 278 g/mol. The van der Waals surface area contributed by atoms with Crippen molar-refractivity contribution in [1.29, 1.82) is 0 Å². The number of carbonyl (C=O) groups excluding carboxylic acids is 1. The topological polar surface area (TPSA) is 72.5 Å². The van der Waals surface area contributed by atoms with Gasteiger partial charge in [0, 0.05) is 5.69 Å². The molecule has 0 unspecified atom stereocenters. The lowest BCUT2D eigenvalue weighted by Crippen LogP contribution is -2.10. The minimum Gasteiger partial charge on any atom is -0.462 e. The number of hydrogen-bond donors (Lipinski definition) is 1. The van der Waals surface area contributed by atoms with E-state index >= 15 is 0 Å². The average Bonchev–Trinajstić information content (AvgIpc) is 2.37. The van der Waals surface area contributed by atoms with Crippen molar-refractivity contribution in [3.63, 3.8) is 0 Å². The Morgan fingerprint density at radius 3 is 2.35 bits per heavy atom. The SMILES string of the molecule is CCCCCCOC(=O)c1ccc(NS(C)(=O)=O)cc1. The van der Waals surface area contributed by atoms with Gasteiger partial charge in [-0.1, -0.05) is 26.2 Å². The van der Waals surface area contributed by atoms with Crippen molar-refractivity contribution in [2.24, 2.45) is 0 Å². The number of unbranched alkanes of at least 4 members (excludes halogenated alkanes) is 3. The predicted octanol–water partition coefficient (Wildman–Crippen LogP) is 2.80. The second kappa shape index (κ2) is 7.89. The molecule has 0 aliphatic carbocycles. The molecule has 0 saturated carbocycles. The second-order valence-electron chi connectivity index (χ2n) is 4.65. The maximum absolute atomic E-state index is 11.7. The fourth-order valence-corrected chi connectivity index (χ4v) is 2.23. The van der Waals surface area contributed by atoms with Gasteiger partial charge in [-0.05, 0) is 30.7 Å². The Bertz CT molecular complexity index is 523. The fraction of sp³-hybridized carbons (Fsp3) is 0.500. The van der Waals surface area contributed by atoms with Crippen LogP contribution in [0.15, 0.2) is 24.3 Å². The molecule has 6 heteroatoms. The third kappa shape index (κ3) is 6.56. The molecular formula is C14H21NO4S. The molecule has 1 rings (SSSR count). The highest BCUT2D eigenvalue weighted by Gasteiger charge is 2.07. The Kier molecular flexibility index (Phi) is 6.51. The number of rotatable bonds is 8. The van der Waals surface area contributed by atoms with Crippen molar-refractivity contribution in [2.75, 3.05) is 17.6 Å². The quantitative estimate of drug-likeness (QED) is 0.592. The third-order valence-electron chi connectivity index (χ3n) is 2.65. The number of sulfonamides is 1. The van der Waals surface area contributed by atoms with Gasteiger partial charge >= 0.3 is 5.97 Å². The van der Waals surface area contributed by atoms with Crippen molar-refractivity contribution < 1.29 is 17.9 Å². The molecule has 112 valence electrons. The smallest absolute Gasteiger partial charge is 0.338 e. The van der Waals surface area contributed by atoms with Crippen molar-refractivity contribution in [3.05, 3.63) is 29.8 Å². The van der Waals surface area contributed by atoms with Crippen LogP contribution in [0.5, 0.6) is 0 Å². The van der Waals surface area contributed by atoms with Gasteiger partial charge in [-0.3, -0.25) is 4.72 Å². The Hall–Kier alpha value is -1.56. The highest BCUT2D eigenvalue weighted by Crippen LogP contribution is 2.12. The average molecular weight is 299 g/mol. The highest BCUT2D eigenvalue weighted by molar-refractivity contribution is 7.92. The summed E-state index contributed by atoms with van der Waals surface area (Å²) >= 11 is 0. The third-order valence-corrected chi connectivity index (χ3v) is 3.26. The van der Waals surface area contributed by atoms with Gasteiger partial charge in [0.25, 0.3) is 0 Å². The van der Waals surface area contributed by atoms with Crippen LogP contribution in [0.4, 0.5) is 5.69 Å². The lowest BCUT2D eigenvalue weighted by atomic mass is 10.2. The molecule has 0 heterocycles. The molecule has 0 atom stereocenters. The Morgan fingerprint density at radius 2 is 1.80 bits per heavy atom. The molecule has 0 bridgehead atoms. The molecule has 0 fully saturated rings. The van der Waals surface area contributed by atoms with Crippen molar-refractivity contribution in [1.82, 2.24) is 0 Å². The van der Waals surface area contributed by atoms with E-state index in [0.717, 1.165) is 31.9 Å². The Balaban J connectivity index is 2.45. The first-order valence-corrected chi connectivity index (χ1v) is 8.56. The fourth-order valence-electron chi connectivity index (χ4n) is 1.67. The van der Waals surface area contributed by atoms with E-state index < -0.39 is 10.0 Å². The molecule has 0 aromatic heterocycles. The Morgan fingerprint density at radius 1 is 1.15 bits per heavy atom. The first kappa shape index (κ1) is 16.5. The number of nitrogens with one attached hydrogen (secondary N) is 1. The molecule has 1 N–H and O–H groups in total. The van der Waals surface area contributed by atoms with Gasteiger partial charge in [0.2, 0.25) is 10.0 Å². The number of ether oxygens (including phenoxy) is 1. The van der Waals surface area contributed by atoms with Gasteiger partial charge in [-0.25, -0.2) is 13.2 Å². The number of carbonyl (C=O) groups is 1.